The zero-order valence-electron chi connectivity index (χ0n) is 8.73. The Kier molecular flexibility index (Phi) is 3.48. The lowest BCUT2D eigenvalue weighted by atomic mass is 10.2. The van der Waals surface area contributed by atoms with E-state index in [2.05, 4.69) is 20.9 Å². The Balaban J connectivity index is 2.32. The largest absolute Gasteiger partial charge is 0.394 e. The third-order valence-electron chi connectivity index (χ3n) is 2.60. The molecule has 0 spiro atoms. The number of aliphatic hydroxyl groups is 2. The smallest absolute Gasteiger partial charge is 0.351 e. The highest BCUT2D eigenvalue weighted by Crippen LogP contribution is 2.33. The third kappa shape index (κ3) is 2.21. The summed E-state index contributed by atoms with van der Waals surface area (Å²) >= 11 is 3.24. The average molecular weight is 306 g/mol. The molecule has 1 aromatic heterocycles. The van der Waals surface area contributed by atoms with Gasteiger partial charge >= 0.3 is 5.69 Å². The van der Waals surface area contributed by atoms with Gasteiger partial charge < -0.3 is 20.7 Å². The van der Waals surface area contributed by atoms with Crippen molar-refractivity contribution in [2.24, 2.45) is 0 Å². The van der Waals surface area contributed by atoms with E-state index in [9.17, 15) is 9.90 Å². The van der Waals surface area contributed by atoms with Crippen molar-refractivity contribution in [3.8, 4) is 0 Å². The first-order chi connectivity index (χ1) is 8.04. The quantitative estimate of drug-likeness (QED) is 0.594. The van der Waals surface area contributed by atoms with Crippen molar-refractivity contribution in [1.29, 1.82) is 0 Å². The highest BCUT2D eigenvalue weighted by Gasteiger charge is 2.43. The minimum absolute atomic E-state index is 0.120. The summed E-state index contributed by atoms with van der Waals surface area (Å²) in [5, 5.41) is 18.7. The highest BCUT2D eigenvalue weighted by atomic mass is 79.9. The highest BCUT2D eigenvalue weighted by molar-refractivity contribution is 9.09. The SMILES string of the molecule is Nc1ccn([C@H]2O[C@H](CO)[C@@H](O)[C@@H]2Br)c(=O)n1. The molecule has 1 saturated heterocycles. The third-order valence-corrected chi connectivity index (χ3v) is 3.59. The van der Waals surface area contributed by atoms with E-state index >= 15 is 0 Å². The standard InChI is InChI=1S/C9H12BrN3O4/c10-6-7(15)4(3-14)17-8(6)13-2-1-5(11)12-9(13)16/h1-2,4,6-8,14-15H,3H2,(H2,11,12,16)/t4-,6+,7-,8+/m1/s1. The van der Waals surface area contributed by atoms with Crippen LogP contribution < -0.4 is 11.4 Å². The van der Waals surface area contributed by atoms with Gasteiger partial charge in [-0.2, -0.15) is 4.98 Å². The van der Waals surface area contributed by atoms with Gasteiger partial charge in [0.05, 0.1) is 17.5 Å². The monoisotopic (exact) mass is 305 g/mol. The Hall–Kier alpha value is -0.960. The van der Waals surface area contributed by atoms with Gasteiger partial charge in [0.2, 0.25) is 0 Å². The first-order valence-corrected chi connectivity index (χ1v) is 5.89. The predicted molar refractivity (Wildman–Crippen MR) is 62.6 cm³/mol. The van der Waals surface area contributed by atoms with Crippen molar-refractivity contribution in [3.63, 3.8) is 0 Å². The molecule has 4 N–H and O–H groups in total. The van der Waals surface area contributed by atoms with Crippen LogP contribution in [0, 0.1) is 0 Å². The van der Waals surface area contributed by atoms with Crippen LogP contribution in [0.1, 0.15) is 6.23 Å². The van der Waals surface area contributed by atoms with Crippen molar-refractivity contribution in [3.05, 3.63) is 22.7 Å². The summed E-state index contributed by atoms with van der Waals surface area (Å²) in [6.45, 7) is -0.323. The molecule has 1 fully saturated rings. The molecule has 0 saturated carbocycles. The Morgan fingerprint density at radius 1 is 1.65 bits per heavy atom. The molecule has 2 heterocycles. The summed E-state index contributed by atoms with van der Waals surface area (Å²) in [5.74, 6) is 0.120. The van der Waals surface area contributed by atoms with Gasteiger partial charge in [-0.25, -0.2) is 4.79 Å². The number of halogens is 1. The number of nitrogens with two attached hydrogens (primary N) is 1. The molecule has 0 unspecified atom stereocenters. The molecule has 0 radical (unpaired) electrons. The lowest BCUT2D eigenvalue weighted by molar-refractivity contribution is -0.0456. The lowest BCUT2D eigenvalue weighted by Crippen LogP contribution is -2.32. The summed E-state index contributed by atoms with van der Waals surface area (Å²) in [5.41, 5.74) is 4.81. The van der Waals surface area contributed by atoms with Crippen LogP contribution >= 0.6 is 15.9 Å². The molecule has 1 aromatic rings. The van der Waals surface area contributed by atoms with Gasteiger partial charge in [-0.15, -0.1) is 0 Å². The Labute approximate surface area is 105 Å². The van der Waals surface area contributed by atoms with E-state index in [-0.39, 0.29) is 12.4 Å². The van der Waals surface area contributed by atoms with E-state index in [0.717, 1.165) is 0 Å². The summed E-state index contributed by atoms with van der Waals surface area (Å²) in [6.07, 6.45) is -0.901. The molecule has 0 amide bonds. The van der Waals surface area contributed by atoms with Crippen LogP contribution in [-0.4, -0.2) is 43.4 Å². The van der Waals surface area contributed by atoms with Crippen LogP contribution in [-0.2, 0) is 4.74 Å². The minimum Gasteiger partial charge on any atom is -0.394 e. The molecule has 1 aliphatic heterocycles. The minimum atomic E-state index is -0.894. The number of nitrogen functional groups attached to an aromatic ring is 1. The number of hydrogen-bond acceptors (Lipinski definition) is 6. The van der Waals surface area contributed by atoms with E-state index in [1.165, 1.54) is 16.8 Å². The summed E-state index contributed by atoms with van der Waals surface area (Å²) in [4.78, 5) is 14.7. The molecule has 8 heteroatoms. The van der Waals surface area contributed by atoms with Gasteiger partial charge in [0.1, 0.15) is 11.9 Å². The molecule has 0 aromatic carbocycles. The maximum Gasteiger partial charge on any atom is 0.351 e. The maximum absolute atomic E-state index is 11.6. The normalized spacial score (nSPS) is 32.9. The number of alkyl halides is 1. The molecule has 7 nitrogen and oxygen atoms in total. The number of aromatic nitrogens is 2. The van der Waals surface area contributed by atoms with Crippen LogP contribution in [0.15, 0.2) is 17.1 Å². The van der Waals surface area contributed by atoms with Gasteiger partial charge in [-0.05, 0) is 6.07 Å². The molecule has 2 rings (SSSR count). The average Bonchev–Trinajstić information content (AvgIpc) is 2.57. The van der Waals surface area contributed by atoms with Gasteiger partial charge in [-0.3, -0.25) is 4.57 Å². The molecule has 17 heavy (non-hydrogen) atoms. The number of hydrogen-bond donors (Lipinski definition) is 3. The second-order valence-corrected chi connectivity index (χ2v) is 4.78. The van der Waals surface area contributed by atoms with Gasteiger partial charge in [0, 0.05) is 6.20 Å². The van der Waals surface area contributed by atoms with Crippen LogP contribution in [0.3, 0.4) is 0 Å². The van der Waals surface area contributed by atoms with Crippen LogP contribution in [0.5, 0.6) is 0 Å². The van der Waals surface area contributed by atoms with Gasteiger partial charge in [0.15, 0.2) is 6.23 Å². The fourth-order valence-corrected chi connectivity index (χ4v) is 2.42. The van der Waals surface area contributed by atoms with Crippen molar-refractivity contribution in [1.82, 2.24) is 9.55 Å². The van der Waals surface area contributed by atoms with E-state index in [1.807, 2.05) is 0 Å². The zero-order valence-corrected chi connectivity index (χ0v) is 10.3. The molecule has 94 valence electrons. The Morgan fingerprint density at radius 3 is 2.88 bits per heavy atom. The Morgan fingerprint density at radius 2 is 2.35 bits per heavy atom. The van der Waals surface area contributed by atoms with Crippen LogP contribution in [0.4, 0.5) is 5.82 Å². The topological polar surface area (TPSA) is 111 Å². The van der Waals surface area contributed by atoms with E-state index < -0.39 is 29.0 Å². The van der Waals surface area contributed by atoms with Crippen molar-refractivity contribution >= 4 is 21.7 Å². The van der Waals surface area contributed by atoms with Gasteiger partial charge in [0.25, 0.3) is 0 Å². The summed E-state index contributed by atoms with van der Waals surface area (Å²) in [6, 6.07) is 1.46. The fourth-order valence-electron chi connectivity index (χ4n) is 1.70. The number of rotatable bonds is 2. The predicted octanol–water partition coefficient (Wildman–Crippen LogP) is -1.16. The van der Waals surface area contributed by atoms with Crippen LogP contribution in [0.25, 0.3) is 0 Å². The molecule has 4 atom stereocenters. The van der Waals surface area contributed by atoms with E-state index in [1.54, 1.807) is 0 Å². The lowest BCUT2D eigenvalue weighted by Gasteiger charge is -2.16. The number of ether oxygens (including phenoxy) is 1. The zero-order chi connectivity index (χ0) is 12.6. The Bertz CT molecular complexity index is 466. The molecule has 0 bridgehead atoms. The summed E-state index contributed by atoms with van der Waals surface area (Å²) in [7, 11) is 0. The molecule has 1 aliphatic rings. The van der Waals surface area contributed by atoms with E-state index in [4.69, 9.17) is 15.6 Å². The summed E-state index contributed by atoms with van der Waals surface area (Å²) < 4.78 is 6.59. The number of aliphatic hydroxyl groups excluding tert-OH is 2. The van der Waals surface area contributed by atoms with Crippen LogP contribution in [0.2, 0.25) is 0 Å². The first-order valence-electron chi connectivity index (χ1n) is 4.97. The van der Waals surface area contributed by atoms with Crippen molar-refractivity contribution < 1.29 is 14.9 Å². The number of anilines is 1. The first kappa shape index (κ1) is 12.5. The molecular formula is C9H12BrN3O4. The van der Waals surface area contributed by atoms with Crippen molar-refractivity contribution in [2.75, 3.05) is 12.3 Å². The number of nitrogens with zero attached hydrogens (tertiary/aromatic N) is 2. The molecular weight excluding hydrogens is 294 g/mol. The maximum atomic E-state index is 11.6. The van der Waals surface area contributed by atoms with Crippen molar-refractivity contribution in [2.45, 2.75) is 23.3 Å². The second kappa shape index (κ2) is 4.73. The van der Waals surface area contributed by atoms with Gasteiger partial charge in [-0.1, -0.05) is 15.9 Å². The fraction of sp³-hybridized carbons (Fsp3) is 0.556. The van der Waals surface area contributed by atoms with E-state index in [0.29, 0.717) is 0 Å². The second-order valence-electron chi connectivity index (χ2n) is 3.72. The molecule has 0 aliphatic carbocycles.